The van der Waals surface area contributed by atoms with E-state index in [0.29, 0.717) is 26.9 Å². The maximum absolute atomic E-state index is 12.3. The van der Waals surface area contributed by atoms with E-state index < -0.39 is 0 Å². The number of rotatable bonds is 3. The molecule has 0 radical (unpaired) electrons. The quantitative estimate of drug-likeness (QED) is 0.874. The van der Waals surface area contributed by atoms with Crippen molar-refractivity contribution in [2.24, 2.45) is 0 Å². The lowest BCUT2D eigenvalue weighted by molar-refractivity contribution is 0.0792. The third-order valence-corrected chi connectivity index (χ3v) is 4.51. The Labute approximate surface area is 150 Å². The molecule has 3 rings (SSSR count). The maximum Gasteiger partial charge on any atom is 0.257 e. The molecule has 2 aromatic carbocycles. The molecule has 0 saturated carbocycles. The number of carbonyl (C=O) groups excluding carboxylic acids is 2. The highest BCUT2D eigenvalue weighted by molar-refractivity contribution is 6.37. The molecule has 1 N–H and O–H groups in total. The smallest absolute Gasteiger partial charge is 0.257 e. The van der Waals surface area contributed by atoms with Crippen LogP contribution in [0.1, 0.15) is 33.6 Å². The van der Waals surface area contributed by atoms with Gasteiger partial charge in [-0.3, -0.25) is 9.59 Å². The van der Waals surface area contributed by atoms with Gasteiger partial charge in [-0.1, -0.05) is 23.2 Å². The summed E-state index contributed by atoms with van der Waals surface area (Å²) in [6.45, 7) is 1.62. The molecule has 0 bridgehead atoms. The highest BCUT2D eigenvalue weighted by Crippen LogP contribution is 2.22. The molecular formula is C18H16Cl2N2O2. The van der Waals surface area contributed by atoms with E-state index in [0.717, 1.165) is 25.9 Å². The van der Waals surface area contributed by atoms with Gasteiger partial charge >= 0.3 is 0 Å². The van der Waals surface area contributed by atoms with E-state index in [-0.39, 0.29) is 11.8 Å². The number of benzene rings is 2. The number of hydrogen-bond donors (Lipinski definition) is 1. The first-order chi connectivity index (χ1) is 11.5. The molecule has 0 spiro atoms. The minimum absolute atomic E-state index is 0.0334. The summed E-state index contributed by atoms with van der Waals surface area (Å²) in [7, 11) is 0. The zero-order valence-electron chi connectivity index (χ0n) is 12.9. The summed E-state index contributed by atoms with van der Waals surface area (Å²) in [4.78, 5) is 26.4. The molecule has 1 saturated heterocycles. The summed E-state index contributed by atoms with van der Waals surface area (Å²) >= 11 is 11.9. The molecule has 0 unspecified atom stereocenters. The highest BCUT2D eigenvalue weighted by atomic mass is 35.5. The van der Waals surface area contributed by atoms with Crippen molar-refractivity contribution in [1.29, 1.82) is 0 Å². The molecule has 24 heavy (non-hydrogen) atoms. The largest absolute Gasteiger partial charge is 0.339 e. The van der Waals surface area contributed by atoms with Crippen LogP contribution in [0.4, 0.5) is 5.69 Å². The lowest BCUT2D eigenvalue weighted by Gasteiger charge is -2.15. The van der Waals surface area contributed by atoms with Gasteiger partial charge in [0.1, 0.15) is 0 Å². The van der Waals surface area contributed by atoms with Gasteiger partial charge in [-0.15, -0.1) is 0 Å². The summed E-state index contributed by atoms with van der Waals surface area (Å²) < 4.78 is 0. The Kier molecular flexibility index (Phi) is 5.07. The first-order valence-corrected chi connectivity index (χ1v) is 8.46. The molecule has 4 nitrogen and oxygen atoms in total. The molecule has 1 heterocycles. The second-order valence-electron chi connectivity index (χ2n) is 5.65. The third kappa shape index (κ3) is 3.71. The van der Waals surface area contributed by atoms with Crippen LogP contribution in [-0.4, -0.2) is 29.8 Å². The summed E-state index contributed by atoms with van der Waals surface area (Å²) in [5.41, 5.74) is 1.57. The highest BCUT2D eigenvalue weighted by Gasteiger charge is 2.19. The number of nitrogens with zero attached hydrogens (tertiary/aromatic N) is 1. The van der Waals surface area contributed by atoms with Gasteiger partial charge in [0.15, 0.2) is 0 Å². The van der Waals surface area contributed by atoms with Crippen molar-refractivity contribution >= 4 is 40.7 Å². The number of carbonyl (C=O) groups is 2. The molecule has 0 aliphatic carbocycles. The van der Waals surface area contributed by atoms with Gasteiger partial charge in [-0.05, 0) is 55.3 Å². The fraction of sp³-hybridized carbons (Fsp3) is 0.222. The Balaban J connectivity index is 1.69. The molecule has 1 aliphatic heterocycles. The predicted octanol–water partition coefficient (Wildman–Crippen LogP) is 4.48. The lowest BCUT2D eigenvalue weighted by atomic mass is 10.1. The van der Waals surface area contributed by atoms with Crippen molar-refractivity contribution in [1.82, 2.24) is 4.90 Å². The van der Waals surface area contributed by atoms with Gasteiger partial charge in [-0.25, -0.2) is 0 Å². The molecule has 1 aliphatic rings. The van der Waals surface area contributed by atoms with E-state index in [9.17, 15) is 9.59 Å². The monoisotopic (exact) mass is 362 g/mol. The first-order valence-electron chi connectivity index (χ1n) is 7.70. The summed E-state index contributed by atoms with van der Waals surface area (Å²) in [6, 6.07) is 11.6. The standard InChI is InChI=1S/C18H16Cl2N2O2/c19-13-5-8-15(16(20)11-13)17(23)21-14-6-3-12(4-7-14)18(24)22-9-1-2-10-22/h3-8,11H,1-2,9-10H2,(H,21,23). The number of halogens is 2. The van der Waals surface area contributed by atoms with Crippen LogP contribution in [-0.2, 0) is 0 Å². The molecule has 2 amide bonds. The van der Waals surface area contributed by atoms with Gasteiger partial charge in [0.05, 0.1) is 10.6 Å². The van der Waals surface area contributed by atoms with Crippen LogP contribution in [0.2, 0.25) is 10.0 Å². The first kappa shape index (κ1) is 16.8. The number of nitrogens with one attached hydrogen (secondary N) is 1. The van der Waals surface area contributed by atoms with E-state index in [2.05, 4.69) is 5.32 Å². The van der Waals surface area contributed by atoms with E-state index in [1.54, 1.807) is 36.4 Å². The van der Waals surface area contributed by atoms with Crippen LogP contribution >= 0.6 is 23.2 Å². The van der Waals surface area contributed by atoms with E-state index in [1.165, 1.54) is 6.07 Å². The number of anilines is 1. The van der Waals surface area contributed by atoms with Crippen LogP contribution in [0.3, 0.4) is 0 Å². The average Bonchev–Trinajstić information content (AvgIpc) is 3.09. The van der Waals surface area contributed by atoms with Gasteiger partial charge < -0.3 is 10.2 Å². The van der Waals surface area contributed by atoms with Crippen molar-refractivity contribution < 1.29 is 9.59 Å². The Morgan fingerprint density at radius 2 is 1.62 bits per heavy atom. The molecule has 1 fully saturated rings. The van der Waals surface area contributed by atoms with Crippen LogP contribution < -0.4 is 5.32 Å². The lowest BCUT2D eigenvalue weighted by Crippen LogP contribution is -2.27. The van der Waals surface area contributed by atoms with Crippen LogP contribution in [0, 0.1) is 0 Å². The Hall–Kier alpha value is -2.04. The number of amides is 2. The summed E-state index contributed by atoms with van der Waals surface area (Å²) in [5, 5.41) is 3.53. The number of likely N-dealkylation sites (tertiary alicyclic amines) is 1. The van der Waals surface area contributed by atoms with Crippen molar-refractivity contribution in [3.8, 4) is 0 Å². The topological polar surface area (TPSA) is 49.4 Å². The Bertz CT molecular complexity index is 769. The summed E-state index contributed by atoms with van der Waals surface area (Å²) in [5.74, 6) is -0.290. The van der Waals surface area contributed by atoms with Crippen LogP contribution in [0.25, 0.3) is 0 Å². The fourth-order valence-electron chi connectivity index (χ4n) is 2.67. The van der Waals surface area contributed by atoms with Crippen LogP contribution in [0.15, 0.2) is 42.5 Å². The second-order valence-corrected chi connectivity index (χ2v) is 6.50. The minimum Gasteiger partial charge on any atom is -0.339 e. The molecular weight excluding hydrogens is 347 g/mol. The van der Waals surface area contributed by atoms with E-state index >= 15 is 0 Å². The zero-order chi connectivity index (χ0) is 17.1. The van der Waals surface area contributed by atoms with E-state index in [1.807, 2.05) is 4.90 Å². The second kappa shape index (κ2) is 7.24. The number of hydrogen-bond acceptors (Lipinski definition) is 2. The van der Waals surface area contributed by atoms with Gasteiger partial charge in [-0.2, -0.15) is 0 Å². The fourth-order valence-corrected chi connectivity index (χ4v) is 3.17. The zero-order valence-corrected chi connectivity index (χ0v) is 14.4. The van der Waals surface area contributed by atoms with Gasteiger partial charge in [0.25, 0.3) is 11.8 Å². The Morgan fingerprint density at radius 3 is 2.25 bits per heavy atom. The normalized spacial score (nSPS) is 13.8. The minimum atomic E-state index is -0.324. The maximum atomic E-state index is 12.3. The van der Waals surface area contributed by atoms with Gasteiger partial charge in [0, 0.05) is 29.4 Å². The Morgan fingerprint density at radius 1 is 0.958 bits per heavy atom. The molecule has 0 aromatic heterocycles. The van der Waals surface area contributed by atoms with Gasteiger partial charge in [0.2, 0.25) is 0 Å². The molecule has 6 heteroatoms. The average molecular weight is 363 g/mol. The SMILES string of the molecule is O=C(Nc1ccc(C(=O)N2CCCC2)cc1)c1ccc(Cl)cc1Cl. The third-order valence-electron chi connectivity index (χ3n) is 3.96. The molecule has 0 atom stereocenters. The molecule has 2 aromatic rings. The summed E-state index contributed by atoms with van der Waals surface area (Å²) in [6.07, 6.45) is 2.11. The van der Waals surface area contributed by atoms with E-state index in [4.69, 9.17) is 23.2 Å². The van der Waals surface area contributed by atoms with Crippen molar-refractivity contribution in [2.75, 3.05) is 18.4 Å². The van der Waals surface area contributed by atoms with Crippen LogP contribution in [0.5, 0.6) is 0 Å². The predicted molar refractivity (Wildman–Crippen MR) is 96.0 cm³/mol. The van der Waals surface area contributed by atoms with Crippen molar-refractivity contribution in [3.05, 3.63) is 63.6 Å². The molecule has 124 valence electrons. The van der Waals surface area contributed by atoms with Crippen molar-refractivity contribution in [2.45, 2.75) is 12.8 Å². The van der Waals surface area contributed by atoms with Crippen molar-refractivity contribution in [3.63, 3.8) is 0 Å².